The molecule has 0 atom stereocenters. The number of alkyl halides is 3. The fraction of sp³-hybridized carbons (Fsp3) is 0.240. The highest BCUT2D eigenvalue weighted by Crippen LogP contribution is 2.33. The Morgan fingerprint density at radius 1 is 1.09 bits per heavy atom. The van der Waals surface area contributed by atoms with Crippen molar-refractivity contribution in [2.45, 2.75) is 39.1 Å². The number of ether oxygens (including phenoxy) is 1. The second kappa shape index (κ2) is 8.57. The summed E-state index contributed by atoms with van der Waals surface area (Å²) in [5.74, 6) is -0.790. The van der Waals surface area contributed by atoms with E-state index in [4.69, 9.17) is 5.73 Å². The van der Waals surface area contributed by atoms with Gasteiger partial charge < -0.3 is 15.0 Å². The number of aryl methyl sites for hydroxylation is 1. The molecule has 1 amide bonds. The normalized spacial score (nSPS) is 11.9. The Morgan fingerprint density at radius 3 is 2.50 bits per heavy atom. The van der Waals surface area contributed by atoms with Gasteiger partial charge >= 0.3 is 6.36 Å². The smallest absolute Gasteiger partial charge is 0.406 e. The fourth-order valence-electron chi connectivity index (χ4n) is 3.98. The minimum Gasteiger partial charge on any atom is -0.406 e. The Kier molecular flexibility index (Phi) is 5.82. The van der Waals surface area contributed by atoms with Crippen molar-refractivity contribution in [1.29, 1.82) is 0 Å². The predicted molar refractivity (Wildman–Crippen MR) is 118 cm³/mol. The van der Waals surface area contributed by atoms with Gasteiger partial charge in [0.15, 0.2) is 0 Å². The van der Waals surface area contributed by atoms with E-state index in [2.05, 4.69) is 23.8 Å². The summed E-state index contributed by atoms with van der Waals surface area (Å²) in [5.41, 5.74) is 9.69. The van der Waals surface area contributed by atoms with Crippen LogP contribution < -0.4 is 10.5 Å². The van der Waals surface area contributed by atoms with E-state index in [0.29, 0.717) is 12.1 Å². The number of carbonyl (C=O) groups is 1. The van der Waals surface area contributed by atoms with Gasteiger partial charge in [-0.2, -0.15) is 0 Å². The second-order valence-corrected chi connectivity index (χ2v) is 7.71. The topological polar surface area (TPSA) is 57.2 Å². The molecule has 0 fully saturated rings. The van der Waals surface area contributed by atoms with E-state index < -0.39 is 12.3 Å². The maximum Gasteiger partial charge on any atom is 0.573 e. The number of benzene rings is 3. The molecule has 4 nitrogen and oxygen atoms in total. The van der Waals surface area contributed by atoms with Gasteiger partial charge in [0.2, 0.25) is 5.91 Å². The van der Waals surface area contributed by atoms with Crippen LogP contribution in [-0.4, -0.2) is 16.8 Å². The maximum atomic E-state index is 12.5. The molecule has 0 aliphatic rings. The lowest BCUT2D eigenvalue weighted by Crippen LogP contribution is -2.17. The van der Waals surface area contributed by atoms with Crippen LogP contribution in [0.1, 0.15) is 41.3 Å². The van der Waals surface area contributed by atoms with Crippen LogP contribution in [0.3, 0.4) is 0 Å². The van der Waals surface area contributed by atoms with Gasteiger partial charge in [0.05, 0.1) is 11.0 Å². The van der Waals surface area contributed by atoms with Gasteiger partial charge in [0.25, 0.3) is 0 Å². The molecule has 4 rings (SSSR count). The van der Waals surface area contributed by atoms with Crippen LogP contribution in [0.25, 0.3) is 21.8 Å². The molecule has 0 saturated heterocycles. The first kappa shape index (κ1) is 21.7. The van der Waals surface area contributed by atoms with E-state index in [-0.39, 0.29) is 5.75 Å². The largest absolute Gasteiger partial charge is 0.573 e. The van der Waals surface area contributed by atoms with Gasteiger partial charge in [0.1, 0.15) is 5.75 Å². The quantitative estimate of drug-likeness (QED) is 0.385. The number of nitrogens with two attached hydrogens (primary N) is 1. The molecule has 4 aromatic rings. The zero-order valence-electron chi connectivity index (χ0n) is 17.5. The SMILES string of the molecule is CCCCc1c[c]c2c3c(C(N)=O)cccc3n(Cc3ccc(OC(F)(F)F)cc3)c2c1. The van der Waals surface area contributed by atoms with Gasteiger partial charge in [-0.25, -0.2) is 0 Å². The summed E-state index contributed by atoms with van der Waals surface area (Å²) in [6.07, 6.45) is -1.70. The molecule has 1 aromatic heterocycles. The molecule has 0 unspecified atom stereocenters. The Bertz CT molecular complexity index is 1270. The molecule has 3 aromatic carbocycles. The summed E-state index contributed by atoms with van der Waals surface area (Å²) in [6.45, 7) is 2.53. The number of rotatable bonds is 7. The lowest BCUT2D eigenvalue weighted by molar-refractivity contribution is -0.274. The first-order chi connectivity index (χ1) is 15.3. The number of amides is 1. The van der Waals surface area contributed by atoms with Crippen molar-refractivity contribution >= 4 is 27.7 Å². The van der Waals surface area contributed by atoms with E-state index in [0.717, 1.165) is 52.2 Å². The molecule has 32 heavy (non-hydrogen) atoms. The van der Waals surface area contributed by atoms with Gasteiger partial charge in [-0.15, -0.1) is 13.2 Å². The van der Waals surface area contributed by atoms with Gasteiger partial charge in [-0.3, -0.25) is 4.79 Å². The van der Waals surface area contributed by atoms with Crippen LogP contribution in [0.5, 0.6) is 5.75 Å². The Morgan fingerprint density at radius 2 is 1.84 bits per heavy atom. The van der Waals surface area contributed by atoms with Crippen molar-refractivity contribution < 1.29 is 22.7 Å². The fourth-order valence-corrected chi connectivity index (χ4v) is 3.98. The predicted octanol–water partition coefficient (Wildman–Crippen LogP) is 5.98. The monoisotopic (exact) mass is 439 g/mol. The summed E-state index contributed by atoms with van der Waals surface area (Å²) in [6, 6.07) is 18.5. The van der Waals surface area contributed by atoms with Crippen LogP contribution in [0.2, 0.25) is 0 Å². The van der Waals surface area contributed by atoms with Crippen LogP contribution in [0, 0.1) is 6.07 Å². The van der Waals surface area contributed by atoms with Crippen molar-refractivity contribution in [1.82, 2.24) is 4.57 Å². The summed E-state index contributed by atoms with van der Waals surface area (Å²) in [4.78, 5) is 12.1. The molecule has 1 radical (unpaired) electrons. The number of unbranched alkanes of at least 4 members (excludes halogenated alkanes) is 1. The molecule has 0 saturated carbocycles. The number of hydrogen-bond donors (Lipinski definition) is 1. The maximum absolute atomic E-state index is 12.5. The molecule has 165 valence electrons. The van der Waals surface area contributed by atoms with Crippen molar-refractivity contribution in [2.24, 2.45) is 5.73 Å². The highest BCUT2D eigenvalue weighted by atomic mass is 19.4. The third kappa shape index (κ3) is 4.42. The average Bonchev–Trinajstić information content (AvgIpc) is 3.05. The van der Waals surface area contributed by atoms with Gasteiger partial charge in [-0.05, 0) is 60.4 Å². The summed E-state index contributed by atoms with van der Waals surface area (Å²) < 4.78 is 43.4. The third-order valence-electron chi connectivity index (χ3n) is 5.44. The van der Waals surface area contributed by atoms with E-state index in [1.807, 2.05) is 16.7 Å². The average molecular weight is 439 g/mol. The number of fused-ring (bicyclic) bond motifs is 3. The number of primary amides is 1. The van der Waals surface area contributed by atoms with Crippen molar-refractivity contribution in [3.8, 4) is 5.75 Å². The van der Waals surface area contributed by atoms with Crippen molar-refractivity contribution in [3.63, 3.8) is 0 Å². The highest BCUT2D eigenvalue weighted by molar-refractivity contribution is 6.17. The van der Waals surface area contributed by atoms with Gasteiger partial charge in [-0.1, -0.05) is 37.6 Å². The highest BCUT2D eigenvalue weighted by Gasteiger charge is 2.31. The van der Waals surface area contributed by atoms with Crippen LogP contribution in [-0.2, 0) is 13.0 Å². The lowest BCUT2D eigenvalue weighted by atomic mass is 10.0. The van der Waals surface area contributed by atoms with Crippen molar-refractivity contribution in [3.05, 3.63) is 77.4 Å². The molecule has 1 heterocycles. The minimum absolute atomic E-state index is 0.269. The number of hydrogen-bond acceptors (Lipinski definition) is 2. The molecular weight excluding hydrogens is 417 g/mol. The van der Waals surface area contributed by atoms with Gasteiger partial charge in [0, 0.05) is 22.9 Å². The Hall–Kier alpha value is -3.48. The first-order valence-electron chi connectivity index (χ1n) is 10.4. The van der Waals surface area contributed by atoms with Crippen molar-refractivity contribution in [2.75, 3.05) is 0 Å². The van der Waals surface area contributed by atoms with Crippen LogP contribution >= 0.6 is 0 Å². The second-order valence-electron chi connectivity index (χ2n) is 7.71. The molecule has 0 spiro atoms. The molecule has 7 heteroatoms. The van der Waals surface area contributed by atoms with Crippen LogP contribution in [0.4, 0.5) is 13.2 Å². The van der Waals surface area contributed by atoms with E-state index in [1.54, 1.807) is 24.3 Å². The molecular formula is C25H22F3N2O2. The molecule has 0 aliphatic carbocycles. The molecule has 0 bridgehead atoms. The number of carbonyl (C=O) groups excluding carboxylic acids is 1. The summed E-state index contributed by atoms with van der Waals surface area (Å²) in [5, 5.41) is 1.53. The lowest BCUT2D eigenvalue weighted by Gasteiger charge is -2.11. The Balaban J connectivity index is 1.82. The zero-order chi connectivity index (χ0) is 22.9. The third-order valence-corrected chi connectivity index (χ3v) is 5.44. The number of halogens is 3. The Labute approximate surface area is 183 Å². The number of aromatic nitrogens is 1. The van der Waals surface area contributed by atoms with E-state index >= 15 is 0 Å². The zero-order valence-corrected chi connectivity index (χ0v) is 17.5. The minimum atomic E-state index is -4.73. The summed E-state index contributed by atoms with van der Waals surface area (Å²) >= 11 is 0. The number of nitrogens with zero attached hydrogens (tertiary/aromatic N) is 1. The standard InChI is InChI=1S/C25H22F3N2O2/c1-2-3-5-16-10-13-19-22(14-16)30(21-7-4-6-20(23(19)21)24(29)31)15-17-8-11-18(12-9-17)32-25(26,27)28/h4,6-12,14H,2-3,5,15H2,1H3,(H2,29,31). The van der Waals surface area contributed by atoms with Crippen LogP contribution in [0.15, 0.2) is 54.6 Å². The molecule has 0 aliphatic heterocycles. The summed E-state index contributed by atoms with van der Waals surface area (Å²) in [7, 11) is 0. The van der Waals surface area contributed by atoms with E-state index in [9.17, 15) is 18.0 Å². The van der Waals surface area contributed by atoms with E-state index in [1.165, 1.54) is 12.1 Å². The first-order valence-corrected chi connectivity index (χ1v) is 10.4. The molecule has 2 N–H and O–H groups in total.